The van der Waals surface area contributed by atoms with E-state index in [1.165, 1.54) is 0 Å². The van der Waals surface area contributed by atoms with Crippen molar-refractivity contribution in [2.75, 3.05) is 19.8 Å². The van der Waals surface area contributed by atoms with Gasteiger partial charge in [0.1, 0.15) is 17.5 Å². The zero-order valence-corrected chi connectivity index (χ0v) is 16.6. The Kier molecular flexibility index (Phi) is 5.80. The number of rotatable bonds is 6. The van der Waals surface area contributed by atoms with Gasteiger partial charge < -0.3 is 24.2 Å². The van der Waals surface area contributed by atoms with E-state index in [0.717, 1.165) is 6.42 Å². The number of likely N-dealkylation sites (tertiary alicyclic amines) is 1. The standard InChI is InChI=1S/C18H23N2O7P/c1-18(2)17(25-8-9-26-28(22,23)24)16(20-7-3-4-15(20)21)13-10-12(11-19)5-6-14(13)27-18/h5-6,10,16-17H,3-4,7-9H2,1-2H3,(H2,22,23,24)/t16-,17-/m0/s1. The maximum atomic E-state index is 12.5. The predicted molar refractivity (Wildman–Crippen MR) is 97.3 cm³/mol. The second-order valence-electron chi connectivity index (χ2n) is 7.32. The first kappa shape index (κ1) is 20.8. The fraction of sp³-hybridized carbons (Fsp3) is 0.556. The number of fused-ring (bicyclic) bond motifs is 1. The molecule has 152 valence electrons. The van der Waals surface area contributed by atoms with E-state index in [1.54, 1.807) is 23.1 Å². The van der Waals surface area contributed by atoms with Crippen LogP contribution in [-0.4, -0.2) is 52.1 Å². The average Bonchev–Trinajstić information content (AvgIpc) is 3.02. The smallest absolute Gasteiger partial charge is 0.469 e. The van der Waals surface area contributed by atoms with Gasteiger partial charge in [-0.3, -0.25) is 9.32 Å². The summed E-state index contributed by atoms with van der Waals surface area (Å²) in [7, 11) is -4.59. The molecule has 28 heavy (non-hydrogen) atoms. The average molecular weight is 410 g/mol. The molecule has 3 rings (SSSR count). The lowest BCUT2D eigenvalue weighted by Gasteiger charge is -2.47. The van der Waals surface area contributed by atoms with E-state index in [2.05, 4.69) is 10.6 Å². The number of carbonyl (C=O) groups is 1. The van der Waals surface area contributed by atoms with Crippen molar-refractivity contribution in [1.29, 1.82) is 5.26 Å². The molecule has 0 spiro atoms. The Hall–Kier alpha value is -1.95. The topological polar surface area (TPSA) is 129 Å². The Bertz CT molecular complexity index is 845. The monoisotopic (exact) mass is 410 g/mol. The van der Waals surface area contributed by atoms with E-state index >= 15 is 0 Å². The summed E-state index contributed by atoms with van der Waals surface area (Å²) >= 11 is 0. The third-order valence-electron chi connectivity index (χ3n) is 4.89. The number of ether oxygens (including phenoxy) is 2. The lowest BCUT2D eigenvalue weighted by molar-refractivity contribution is -0.149. The summed E-state index contributed by atoms with van der Waals surface area (Å²) in [4.78, 5) is 31.9. The van der Waals surface area contributed by atoms with Gasteiger partial charge in [0.25, 0.3) is 0 Å². The SMILES string of the molecule is CC1(C)Oc2ccc(C#N)cc2[C@H](N2CCCC2=O)[C@@H]1OCCOP(=O)(O)O. The molecule has 0 aromatic heterocycles. The van der Waals surface area contributed by atoms with Crippen molar-refractivity contribution in [3.63, 3.8) is 0 Å². The van der Waals surface area contributed by atoms with Crippen LogP contribution in [0.4, 0.5) is 0 Å². The molecule has 2 aliphatic heterocycles. The molecule has 2 heterocycles. The van der Waals surface area contributed by atoms with Crippen molar-refractivity contribution in [1.82, 2.24) is 4.90 Å². The van der Waals surface area contributed by atoms with E-state index in [1.807, 2.05) is 13.8 Å². The van der Waals surface area contributed by atoms with Crippen molar-refractivity contribution in [2.45, 2.75) is 44.4 Å². The van der Waals surface area contributed by atoms with Gasteiger partial charge >= 0.3 is 7.82 Å². The van der Waals surface area contributed by atoms with Gasteiger partial charge in [-0.2, -0.15) is 5.26 Å². The highest BCUT2D eigenvalue weighted by atomic mass is 31.2. The molecular weight excluding hydrogens is 387 g/mol. The zero-order chi connectivity index (χ0) is 20.5. The Morgan fingerprint density at radius 1 is 1.39 bits per heavy atom. The highest BCUT2D eigenvalue weighted by molar-refractivity contribution is 7.46. The molecule has 2 atom stereocenters. The lowest BCUT2D eigenvalue weighted by Crippen LogP contribution is -2.55. The first-order valence-electron chi connectivity index (χ1n) is 8.96. The third-order valence-corrected chi connectivity index (χ3v) is 5.41. The number of benzene rings is 1. The van der Waals surface area contributed by atoms with Gasteiger partial charge in [0.2, 0.25) is 5.91 Å². The first-order valence-corrected chi connectivity index (χ1v) is 10.5. The first-order chi connectivity index (χ1) is 13.1. The Labute approximate surface area is 163 Å². The molecule has 10 heteroatoms. The van der Waals surface area contributed by atoms with Crippen LogP contribution in [0.2, 0.25) is 0 Å². The highest BCUT2D eigenvalue weighted by Crippen LogP contribution is 2.46. The molecule has 1 saturated heterocycles. The van der Waals surface area contributed by atoms with Crippen LogP contribution in [-0.2, 0) is 18.6 Å². The van der Waals surface area contributed by atoms with E-state index in [9.17, 15) is 14.6 Å². The van der Waals surface area contributed by atoms with Crippen molar-refractivity contribution in [3.05, 3.63) is 29.3 Å². The molecular formula is C18H23N2O7P. The molecule has 2 N–H and O–H groups in total. The van der Waals surface area contributed by atoms with Gasteiger partial charge in [-0.25, -0.2) is 4.57 Å². The number of amides is 1. The summed E-state index contributed by atoms with van der Waals surface area (Å²) in [6, 6.07) is 6.70. The van der Waals surface area contributed by atoms with Gasteiger partial charge in [0.15, 0.2) is 0 Å². The lowest BCUT2D eigenvalue weighted by atomic mass is 9.84. The van der Waals surface area contributed by atoms with Gasteiger partial charge in [-0.15, -0.1) is 0 Å². The maximum Gasteiger partial charge on any atom is 0.469 e. The summed E-state index contributed by atoms with van der Waals surface area (Å²) in [6.07, 6.45) is 0.563. The van der Waals surface area contributed by atoms with Gasteiger partial charge in [0, 0.05) is 18.5 Å². The van der Waals surface area contributed by atoms with Crippen LogP contribution >= 0.6 is 7.82 Å². The number of phosphoric acid groups is 1. The van der Waals surface area contributed by atoms with Crippen LogP contribution in [0, 0.1) is 11.3 Å². The molecule has 1 aromatic carbocycles. The van der Waals surface area contributed by atoms with Crippen LogP contribution in [0.15, 0.2) is 18.2 Å². The van der Waals surface area contributed by atoms with E-state index < -0.39 is 25.6 Å². The van der Waals surface area contributed by atoms with Crippen LogP contribution in [0.5, 0.6) is 5.75 Å². The molecule has 2 aliphatic rings. The fourth-order valence-electron chi connectivity index (χ4n) is 3.74. The van der Waals surface area contributed by atoms with Crippen molar-refractivity contribution in [2.24, 2.45) is 0 Å². The summed E-state index contributed by atoms with van der Waals surface area (Å²) < 4.78 is 27.3. The van der Waals surface area contributed by atoms with E-state index in [-0.39, 0.29) is 19.1 Å². The van der Waals surface area contributed by atoms with Crippen LogP contribution < -0.4 is 4.74 Å². The summed E-state index contributed by atoms with van der Waals surface area (Å²) in [6.45, 7) is 3.83. The molecule has 0 saturated carbocycles. The van der Waals surface area contributed by atoms with Crippen LogP contribution in [0.1, 0.15) is 43.9 Å². The number of phosphoric ester groups is 1. The molecule has 0 bridgehead atoms. The Balaban J connectivity index is 1.93. The quantitative estimate of drug-likeness (QED) is 0.537. The Morgan fingerprint density at radius 3 is 2.75 bits per heavy atom. The van der Waals surface area contributed by atoms with E-state index in [0.29, 0.717) is 29.8 Å². The van der Waals surface area contributed by atoms with Crippen molar-refractivity contribution in [3.8, 4) is 11.8 Å². The number of nitrogens with zero attached hydrogens (tertiary/aromatic N) is 2. The van der Waals surface area contributed by atoms with Gasteiger partial charge in [-0.1, -0.05) is 0 Å². The van der Waals surface area contributed by atoms with E-state index in [4.69, 9.17) is 19.3 Å². The number of carbonyl (C=O) groups excluding carboxylic acids is 1. The van der Waals surface area contributed by atoms with Crippen LogP contribution in [0.3, 0.4) is 0 Å². The van der Waals surface area contributed by atoms with Crippen LogP contribution in [0.25, 0.3) is 0 Å². The maximum absolute atomic E-state index is 12.5. The minimum atomic E-state index is -4.59. The number of nitriles is 1. The highest BCUT2D eigenvalue weighted by Gasteiger charge is 2.49. The second-order valence-corrected chi connectivity index (χ2v) is 8.56. The molecule has 1 fully saturated rings. The van der Waals surface area contributed by atoms with Gasteiger partial charge in [-0.05, 0) is 38.5 Å². The molecule has 0 aliphatic carbocycles. The summed E-state index contributed by atoms with van der Waals surface area (Å²) in [5.74, 6) is 0.580. The predicted octanol–water partition coefficient (Wildman–Crippen LogP) is 1.89. The van der Waals surface area contributed by atoms with Crippen molar-refractivity contribution < 1.29 is 33.1 Å². The van der Waals surface area contributed by atoms with Gasteiger partial charge in [0.05, 0.1) is 30.9 Å². The molecule has 1 aromatic rings. The Morgan fingerprint density at radius 2 is 2.14 bits per heavy atom. The fourth-order valence-corrected chi connectivity index (χ4v) is 4.06. The number of hydrogen-bond donors (Lipinski definition) is 2. The molecule has 9 nitrogen and oxygen atoms in total. The summed E-state index contributed by atoms with van der Waals surface area (Å²) in [5.41, 5.74) is 0.313. The summed E-state index contributed by atoms with van der Waals surface area (Å²) in [5, 5.41) is 9.27. The minimum absolute atomic E-state index is 0.00363. The normalized spacial score (nSPS) is 23.8. The second kappa shape index (κ2) is 7.82. The zero-order valence-electron chi connectivity index (χ0n) is 15.7. The van der Waals surface area contributed by atoms with Crippen molar-refractivity contribution >= 4 is 13.7 Å². The molecule has 1 amide bonds. The molecule has 0 unspecified atom stereocenters. The third kappa shape index (κ3) is 4.37. The minimum Gasteiger partial charge on any atom is -0.485 e. The largest absolute Gasteiger partial charge is 0.485 e. The number of hydrogen-bond acceptors (Lipinski definition) is 6. The molecule has 0 radical (unpaired) electrons.